The summed E-state index contributed by atoms with van der Waals surface area (Å²) in [6.45, 7) is 1.90. The quantitative estimate of drug-likeness (QED) is 0.797. The van der Waals surface area contributed by atoms with Crippen LogP contribution in [0.4, 0.5) is 0 Å². The van der Waals surface area contributed by atoms with Gasteiger partial charge in [-0.2, -0.15) is 0 Å². The van der Waals surface area contributed by atoms with Crippen molar-refractivity contribution in [3.05, 3.63) is 30.1 Å². The SMILES string of the molecule is CC(C(=O)O)C(=O)N(Cc1ccncc1)C1CC1. The standard InChI is InChI=1S/C13H16N2O3/c1-9(13(17)18)12(16)15(11-2-3-11)8-10-4-6-14-7-5-10/h4-7,9,11H,2-3,8H2,1H3,(H,17,18). The number of pyridine rings is 1. The van der Waals surface area contributed by atoms with Gasteiger partial charge in [-0.1, -0.05) is 0 Å². The summed E-state index contributed by atoms with van der Waals surface area (Å²) in [6.07, 6.45) is 5.27. The van der Waals surface area contributed by atoms with Crippen molar-refractivity contribution < 1.29 is 14.7 Å². The van der Waals surface area contributed by atoms with E-state index in [1.165, 1.54) is 6.92 Å². The van der Waals surface area contributed by atoms with Gasteiger partial charge in [0, 0.05) is 25.0 Å². The predicted molar refractivity (Wildman–Crippen MR) is 64.6 cm³/mol. The van der Waals surface area contributed by atoms with Crippen molar-refractivity contribution in [3.8, 4) is 0 Å². The highest BCUT2D eigenvalue weighted by Crippen LogP contribution is 2.29. The van der Waals surface area contributed by atoms with Gasteiger partial charge < -0.3 is 10.0 Å². The fourth-order valence-electron chi connectivity index (χ4n) is 1.81. The number of amides is 1. The summed E-state index contributed by atoms with van der Waals surface area (Å²) in [7, 11) is 0. The number of aromatic nitrogens is 1. The predicted octanol–water partition coefficient (Wildman–Crippen LogP) is 1.29. The van der Waals surface area contributed by atoms with Crippen molar-refractivity contribution in [2.24, 2.45) is 5.92 Å². The summed E-state index contributed by atoms with van der Waals surface area (Å²) >= 11 is 0. The Labute approximate surface area is 105 Å². The molecule has 1 amide bonds. The fraction of sp³-hybridized carbons (Fsp3) is 0.462. The van der Waals surface area contributed by atoms with E-state index in [4.69, 9.17) is 5.11 Å². The van der Waals surface area contributed by atoms with Crippen LogP contribution in [-0.4, -0.2) is 32.9 Å². The summed E-state index contributed by atoms with van der Waals surface area (Å²) in [5.41, 5.74) is 0.975. The summed E-state index contributed by atoms with van der Waals surface area (Å²) < 4.78 is 0. The van der Waals surface area contributed by atoms with Crippen LogP contribution in [0.2, 0.25) is 0 Å². The molecule has 96 valence electrons. The maximum atomic E-state index is 12.1. The number of carboxylic acid groups (broad SMARTS) is 1. The molecular formula is C13H16N2O3. The average Bonchev–Trinajstić information content (AvgIpc) is 3.19. The Morgan fingerprint density at radius 1 is 1.44 bits per heavy atom. The van der Waals surface area contributed by atoms with Crippen molar-refractivity contribution in [1.29, 1.82) is 0 Å². The van der Waals surface area contributed by atoms with Crippen LogP contribution in [0.5, 0.6) is 0 Å². The van der Waals surface area contributed by atoms with E-state index in [2.05, 4.69) is 4.98 Å². The molecule has 0 saturated heterocycles. The van der Waals surface area contributed by atoms with Gasteiger partial charge in [0.1, 0.15) is 5.92 Å². The molecule has 1 aromatic rings. The van der Waals surface area contributed by atoms with Crippen molar-refractivity contribution in [1.82, 2.24) is 9.88 Å². The summed E-state index contributed by atoms with van der Waals surface area (Å²) in [4.78, 5) is 28.6. The van der Waals surface area contributed by atoms with E-state index in [1.807, 2.05) is 12.1 Å². The molecule has 1 aliphatic carbocycles. The lowest BCUT2D eigenvalue weighted by molar-refractivity contribution is -0.150. The minimum Gasteiger partial charge on any atom is -0.481 e. The van der Waals surface area contributed by atoms with Gasteiger partial charge in [0.05, 0.1) is 0 Å². The molecule has 0 radical (unpaired) electrons. The van der Waals surface area contributed by atoms with Crippen LogP contribution in [-0.2, 0) is 16.1 Å². The molecule has 1 aliphatic rings. The minimum atomic E-state index is -1.07. The maximum absolute atomic E-state index is 12.1. The Morgan fingerprint density at radius 2 is 2.06 bits per heavy atom. The van der Waals surface area contributed by atoms with E-state index in [1.54, 1.807) is 17.3 Å². The molecule has 1 fully saturated rings. The number of carboxylic acids is 1. The van der Waals surface area contributed by atoms with Crippen LogP contribution in [0.25, 0.3) is 0 Å². The first kappa shape index (κ1) is 12.5. The van der Waals surface area contributed by atoms with Crippen LogP contribution >= 0.6 is 0 Å². The van der Waals surface area contributed by atoms with Crippen molar-refractivity contribution in [2.45, 2.75) is 32.4 Å². The zero-order chi connectivity index (χ0) is 13.1. The molecule has 1 saturated carbocycles. The fourth-order valence-corrected chi connectivity index (χ4v) is 1.81. The molecule has 5 heteroatoms. The van der Waals surface area contributed by atoms with E-state index in [0.29, 0.717) is 6.54 Å². The molecule has 1 aromatic heterocycles. The number of carbonyl (C=O) groups excluding carboxylic acids is 1. The lowest BCUT2D eigenvalue weighted by Gasteiger charge is -2.24. The summed E-state index contributed by atoms with van der Waals surface area (Å²) in [6, 6.07) is 3.88. The molecule has 0 aliphatic heterocycles. The number of aliphatic carboxylic acids is 1. The van der Waals surface area contributed by atoms with E-state index < -0.39 is 11.9 Å². The maximum Gasteiger partial charge on any atom is 0.315 e. The van der Waals surface area contributed by atoms with E-state index in [0.717, 1.165) is 18.4 Å². The van der Waals surface area contributed by atoms with Gasteiger partial charge in [0.2, 0.25) is 5.91 Å². The molecule has 2 rings (SSSR count). The second kappa shape index (κ2) is 5.16. The van der Waals surface area contributed by atoms with Crippen LogP contribution in [0.1, 0.15) is 25.3 Å². The first-order valence-corrected chi connectivity index (χ1v) is 6.02. The second-order valence-corrected chi connectivity index (χ2v) is 4.61. The van der Waals surface area contributed by atoms with Gasteiger partial charge in [-0.25, -0.2) is 0 Å². The van der Waals surface area contributed by atoms with Crippen LogP contribution in [0.3, 0.4) is 0 Å². The Morgan fingerprint density at radius 3 is 2.56 bits per heavy atom. The third-order valence-corrected chi connectivity index (χ3v) is 3.11. The zero-order valence-electron chi connectivity index (χ0n) is 10.2. The molecule has 1 unspecified atom stereocenters. The average molecular weight is 248 g/mol. The molecule has 1 atom stereocenters. The Bertz CT molecular complexity index is 443. The van der Waals surface area contributed by atoms with Gasteiger partial charge in [0.25, 0.3) is 0 Å². The highest BCUT2D eigenvalue weighted by Gasteiger charge is 2.36. The molecule has 0 spiro atoms. The molecule has 0 bridgehead atoms. The lowest BCUT2D eigenvalue weighted by atomic mass is 10.1. The molecule has 5 nitrogen and oxygen atoms in total. The van der Waals surface area contributed by atoms with Gasteiger partial charge in [-0.05, 0) is 37.5 Å². The number of carbonyl (C=O) groups is 2. The van der Waals surface area contributed by atoms with Gasteiger partial charge in [-0.3, -0.25) is 14.6 Å². The third-order valence-electron chi connectivity index (χ3n) is 3.11. The zero-order valence-corrected chi connectivity index (χ0v) is 10.2. The number of rotatable bonds is 5. The topological polar surface area (TPSA) is 70.5 Å². The van der Waals surface area contributed by atoms with Gasteiger partial charge in [0.15, 0.2) is 0 Å². The number of hydrogen-bond acceptors (Lipinski definition) is 3. The minimum absolute atomic E-state index is 0.201. The Balaban J connectivity index is 2.09. The van der Waals surface area contributed by atoms with E-state index in [9.17, 15) is 9.59 Å². The molecular weight excluding hydrogens is 232 g/mol. The monoisotopic (exact) mass is 248 g/mol. The van der Waals surface area contributed by atoms with Crippen molar-refractivity contribution in [2.75, 3.05) is 0 Å². The highest BCUT2D eigenvalue weighted by atomic mass is 16.4. The lowest BCUT2D eigenvalue weighted by Crippen LogP contribution is -2.39. The van der Waals surface area contributed by atoms with E-state index >= 15 is 0 Å². The molecule has 1 N–H and O–H groups in total. The van der Waals surface area contributed by atoms with Gasteiger partial charge in [-0.15, -0.1) is 0 Å². The summed E-state index contributed by atoms with van der Waals surface area (Å²) in [5, 5.41) is 8.91. The van der Waals surface area contributed by atoms with Gasteiger partial charge >= 0.3 is 5.97 Å². The summed E-state index contributed by atoms with van der Waals surface area (Å²) in [5.74, 6) is -2.35. The number of nitrogens with zero attached hydrogens (tertiary/aromatic N) is 2. The van der Waals surface area contributed by atoms with Crippen LogP contribution < -0.4 is 0 Å². The Hall–Kier alpha value is -1.91. The normalized spacial score (nSPS) is 16.1. The smallest absolute Gasteiger partial charge is 0.315 e. The molecule has 1 heterocycles. The number of hydrogen-bond donors (Lipinski definition) is 1. The van der Waals surface area contributed by atoms with Crippen molar-refractivity contribution in [3.63, 3.8) is 0 Å². The van der Waals surface area contributed by atoms with Crippen LogP contribution in [0.15, 0.2) is 24.5 Å². The first-order valence-electron chi connectivity index (χ1n) is 6.02. The Kier molecular flexibility index (Phi) is 3.60. The van der Waals surface area contributed by atoms with Crippen LogP contribution in [0, 0.1) is 5.92 Å². The second-order valence-electron chi connectivity index (χ2n) is 4.61. The highest BCUT2D eigenvalue weighted by molar-refractivity contribution is 5.96. The molecule has 0 aromatic carbocycles. The molecule has 18 heavy (non-hydrogen) atoms. The first-order chi connectivity index (χ1) is 8.59. The third kappa shape index (κ3) is 2.85. The van der Waals surface area contributed by atoms with E-state index in [-0.39, 0.29) is 11.9 Å². The van der Waals surface area contributed by atoms with Crippen molar-refractivity contribution >= 4 is 11.9 Å². The largest absolute Gasteiger partial charge is 0.481 e.